The fourth-order valence-corrected chi connectivity index (χ4v) is 0.453. The van der Waals surface area contributed by atoms with E-state index in [9.17, 15) is 4.79 Å². The number of nitrogens with one attached hydrogen (secondary N) is 1. The van der Waals surface area contributed by atoms with Crippen LogP contribution in [0.2, 0.25) is 0 Å². The Morgan fingerprint density at radius 3 is 2.58 bits per heavy atom. The van der Waals surface area contributed by atoms with E-state index in [1.807, 2.05) is 0 Å². The molecule has 0 aliphatic heterocycles. The van der Waals surface area contributed by atoms with Crippen molar-refractivity contribution in [3.05, 3.63) is 12.2 Å². The molecule has 1 radical (unpaired) electrons. The van der Waals surface area contributed by atoms with Crippen LogP contribution in [0.1, 0.15) is 26.7 Å². The second kappa shape index (κ2) is 9.00. The zero-order chi connectivity index (χ0) is 8.69. The van der Waals surface area contributed by atoms with Crippen LogP contribution in [-0.2, 0) is 32.0 Å². The molecule has 0 spiro atoms. The zero-order valence-electron chi connectivity index (χ0n) is 7.45. The normalized spacial score (nSPS) is 8.50. The van der Waals surface area contributed by atoms with E-state index in [1.54, 1.807) is 6.92 Å². The Kier molecular flexibility index (Phi) is 10.8. The number of hydrogen-bond acceptors (Lipinski definition) is 3. The van der Waals surface area contributed by atoms with E-state index in [0.29, 0.717) is 12.1 Å². The molecule has 0 aromatic rings. The summed E-state index contributed by atoms with van der Waals surface area (Å²) in [6.45, 7) is 7.83. The van der Waals surface area contributed by atoms with Crippen molar-refractivity contribution >= 4 is 5.97 Å². The summed E-state index contributed by atoms with van der Waals surface area (Å²) in [5.41, 5.74) is 2.97. The first-order valence-electron chi connectivity index (χ1n) is 3.78. The SMILES string of the molecule is C=C(C)C(=O)ONCCCC.[Ag]. The van der Waals surface area contributed by atoms with Gasteiger partial charge in [0.05, 0.1) is 0 Å². The first kappa shape index (κ1) is 14.4. The first-order valence-corrected chi connectivity index (χ1v) is 3.78. The molecule has 0 rings (SSSR count). The maximum atomic E-state index is 10.7. The Hall–Kier alpha value is -0.0897. The van der Waals surface area contributed by atoms with Crippen molar-refractivity contribution in [3.8, 4) is 0 Å². The zero-order valence-corrected chi connectivity index (χ0v) is 8.93. The van der Waals surface area contributed by atoms with E-state index in [2.05, 4.69) is 23.8 Å². The monoisotopic (exact) mass is 264 g/mol. The predicted molar refractivity (Wildman–Crippen MR) is 43.8 cm³/mol. The Labute approximate surface area is 89.0 Å². The fraction of sp³-hybridized carbons (Fsp3) is 0.625. The van der Waals surface area contributed by atoms with Crippen LogP contribution < -0.4 is 5.48 Å². The second-order valence-electron chi connectivity index (χ2n) is 2.42. The molecule has 0 aromatic heterocycles. The van der Waals surface area contributed by atoms with Gasteiger partial charge >= 0.3 is 5.97 Å². The number of hydrogen-bond donors (Lipinski definition) is 1. The number of carbonyl (C=O) groups is 1. The molecule has 0 bridgehead atoms. The Morgan fingerprint density at radius 2 is 2.17 bits per heavy atom. The van der Waals surface area contributed by atoms with Crippen molar-refractivity contribution < 1.29 is 32.0 Å². The van der Waals surface area contributed by atoms with Gasteiger partial charge in [0.1, 0.15) is 0 Å². The molecule has 4 heteroatoms. The average molecular weight is 265 g/mol. The van der Waals surface area contributed by atoms with Crippen LogP contribution >= 0.6 is 0 Å². The van der Waals surface area contributed by atoms with Crippen LogP contribution in [0.15, 0.2) is 12.2 Å². The molecule has 0 amide bonds. The van der Waals surface area contributed by atoms with Crippen molar-refractivity contribution in [2.75, 3.05) is 6.54 Å². The molecular weight excluding hydrogens is 250 g/mol. The predicted octanol–water partition coefficient (Wildman–Crippen LogP) is 1.41. The third-order valence-corrected chi connectivity index (χ3v) is 1.15. The average Bonchev–Trinajstić information content (AvgIpc) is 1.97. The Morgan fingerprint density at radius 1 is 1.58 bits per heavy atom. The summed E-state index contributed by atoms with van der Waals surface area (Å²) >= 11 is 0. The van der Waals surface area contributed by atoms with Crippen molar-refractivity contribution in [1.29, 1.82) is 0 Å². The van der Waals surface area contributed by atoms with Crippen molar-refractivity contribution in [2.24, 2.45) is 0 Å². The van der Waals surface area contributed by atoms with Crippen molar-refractivity contribution in [3.63, 3.8) is 0 Å². The van der Waals surface area contributed by atoms with E-state index in [0.717, 1.165) is 12.8 Å². The molecule has 0 saturated heterocycles. The van der Waals surface area contributed by atoms with Gasteiger partial charge in [0, 0.05) is 34.5 Å². The molecule has 0 aromatic carbocycles. The maximum Gasteiger partial charge on any atom is 0.351 e. The van der Waals surface area contributed by atoms with Gasteiger partial charge < -0.3 is 4.84 Å². The topological polar surface area (TPSA) is 38.3 Å². The van der Waals surface area contributed by atoms with Gasteiger partial charge in [-0.3, -0.25) is 0 Å². The second-order valence-corrected chi connectivity index (χ2v) is 2.42. The number of hydroxylamine groups is 1. The van der Waals surface area contributed by atoms with Gasteiger partial charge in [-0.05, 0) is 13.3 Å². The minimum atomic E-state index is -0.388. The summed E-state index contributed by atoms with van der Waals surface area (Å²) < 4.78 is 0. The molecule has 0 saturated carbocycles. The summed E-state index contributed by atoms with van der Waals surface area (Å²) in [6, 6.07) is 0. The van der Waals surface area contributed by atoms with Crippen LogP contribution in [0.4, 0.5) is 0 Å². The molecule has 1 N–H and O–H groups in total. The van der Waals surface area contributed by atoms with Crippen LogP contribution in [0.25, 0.3) is 0 Å². The van der Waals surface area contributed by atoms with E-state index < -0.39 is 0 Å². The summed E-state index contributed by atoms with van der Waals surface area (Å²) in [5, 5.41) is 0. The third kappa shape index (κ3) is 8.01. The summed E-state index contributed by atoms with van der Waals surface area (Å²) in [6.07, 6.45) is 2.08. The molecule has 0 aliphatic rings. The summed E-state index contributed by atoms with van der Waals surface area (Å²) in [5.74, 6) is -0.388. The summed E-state index contributed by atoms with van der Waals surface area (Å²) in [7, 11) is 0. The van der Waals surface area contributed by atoms with Gasteiger partial charge in [-0.2, -0.15) is 5.48 Å². The maximum absolute atomic E-state index is 10.7. The quantitative estimate of drug-likeness (QED) is 0.353. The van der Waals surface area contributed by atoms with Crippen LogP contribution in [0.3, 0.4) is 0 Å². The van der Waals surface area contributed by atoms with Gasteiger partial charge in [0.25, 0.3) is 0 Å². The van der Waals surface area contributed by atoms with Crippen molar-refractivity contribution in [1.82, 2.24) is 5.48 Å². The van der Waals surface area contributed by atoms with E-state index in [-0.39, 0.29) is 28.3 Å². The van der Waals surface area contributed by atoms with Crippen LogP contribution in [0, 0.1) is 0 Å². The molecule has 0 atom stereocenters. The fourth-order valence-electron chi connectivity index (χ4n) is 0.453. The molecule has 0 fully saturated rings. The Balaban J connectivity index is 0. The van der Waals surface area contributed by atoms with Gasteiger partial charge in [0.2, 0.25) is 0 Å². The van der Waals surface area contributed by atoms with Crippen LogP contribution in [0.5, 0.6) is 0 Å². The van der Waals surface area contributed by atoms with Crippen molar-refractivity contribution in [2.45, 2.75) is 26.7 Å². The molecule has 75 valence electrons. The van der Waals surface area contributed by atoms with E-state index in [4.69, 9.17) is 0 Å². The molecule has 0 heterocycles. The first-order chi connectivity index (χ1) is 5.18. The number of carbonyl (C=O) groups excluding carboxylic acids is 1. The molecule has 0 aliphatic carbocycles. The standard InChI is InChI=1S/C8H15NO2.Ag/c1-4-5-6-9-11-8(10)7(2)3;/h9H,2,4-6H2,1,3H3;. The van der Waals surface area contributed by atoms with Gasteiger partial charge in [-0.1, -0.05) is 19.9 Å². The van der Waals surface area contributed by atoms with E-state index >= 15 is 0 Å². The minimum Gasteiger partial charge on any atom is -0.367 e. The number of unbranched alkanes of at least 4 members (excludes halogenated alkanes) is 1. The number of rotatable bonds is 5. The molecule has 3 nitrogen and oxygen atoms in total. The molecular formula is C8H15AgNO2. The molecule has 0 unspecified atom stereocenters. The van der Waals surface area contributed by atoms with Gasteiger partial charge in [-0.25, -0.2) is 4.79 Å². The third-order valence-electron chi connectivity index (χ3n) is 1.15. The largest absolute Gasteiger partial charge is 0.367 e. The molecule has 12 heavy (non-hydrogen) atoms. The Bertz CT molecular complexity index is 148. The van der Waals surface area contributed by atoms with Crippen LogP contribution in [-0.4, -0.2) is 12.5 Å². The van der Waals surface area contributed by atoms with Gasteiger partial charge in [0.15, 0.2) is 0 Å². The minimum absolute atomic E-state index is 0. The van der Waals surface area contributed by atoms with Gasteiger partial charge in [-0.15, -0.1) is 0 Å². The smallest absolute Gasteiger partial charge is 0.351 e. The summed E-state index contributed by atoms with van der Waals surface area (Å²) in [4.78, 5) is 15.3. The van der Waals surface area contributed by atoms with E-state index in [1.165, 1.54) is 0 Å².